The number of amides is 1. The van der Waals surface area contributed by atoms with Crippen LogP contribution in [0.2, 0.25) is 0 Å². The van der Waals surface area contributed by atoms with Gasteiger partial charge in [0, 0.05) is 19.0 Å². The van der Waals surface area contributed by atoms with E-state index in [0.29, 0.717) is 29.1 Å². The molecular formula is C18H20N2O3. The van der Waals surface area contributed by atoms with Gasteiger partial charge in [0.25, 0.3) is 5.91 Å². The summed E-state index contributed by atoms with van der Waals surface area (Å²) < 4.78 is 7.10. The van der Waals surface area contributed by atoms with Crippen LogP contribution >= 0.6 is 0 Å². The Morgan fingerprint density at radius 3 is 2.74 bits per heavy atom. The molecule has 0 bridgehead atoms. The third-order valence-corrected chi connectivity index (χ3v) is 4.04. The molecule has 0 unspecified atom stereocenters. The number of nitrogens with one attached hydrogen (secondary N) is 1. The molecule has 1 N–H and O–H groups in total. The smallest absolute Gasteiger partial charge is 0.345 e. The first kappa shape index (κ1) is 15.3. The molecule has 2 aromatic heterocycles. The second-order valence-corrected chi connectivity index (χ2v) is 6.17. The van der Waals surface area contributed by atoms with Gasteiger partial charge in [0.05, 0.1) is 10.9 Å². The van der Waals surface area contributed by atoms with E-state index in [1.165, 1.54) is 0 Å². The highest BCUT2D eigenvalue weighted by molar-refractivity contribution is 6.07. The summed E-state index contributed by atoms with van der Waals surface area (Å²) in [6.45, 7) is 4.84. The Hall–Kier alpha value is -2.56. The van der Waals surface area contributed by atoms with E-state index in [1.807, 2.05) is 18.2 Å². The molecule has 0 atom stereocenters. The van der Waals surface area contributed by atoms with Crippen molar-refractivity contribution < 1.29 is 9.21 Å². The zero-order valence-corrected chi connectivity index (χ0v) is 13.6. The number of rotatable bonds is 4. The van der Waals surface area contributed by atoms with Crippen LogP contribution in [0, 0.1) is 5.92 Å². The Kier molecular flexibility index (Phi) is 3.94. The molecule has 5 nitrogen and oxygen atoms in total. The van der Waals surface area contributed by atoms with Gasteiger partial charge in [0.2, 0.25) is 0 Å². The highest BCUT2D eigenvalue weighted by Crippen LogP contribution is 2.25. The van der Waals surface area contributed by atoms with Crippen molar-refractivity contribution in [3.8, 4) is 0 Å². The molecule has 1 aromatic carbocycles. The largest absolute Gasteiger partial charge is 0.422 e. The Bertz CT molecular complexity index is 934. The van der Waals surface area contributed by atoms with E-state index in [2.05, 4.69) is 19.2 Å². The first-order valence-electron chi connectivity index (χ1n) is 7.78. The van der Waals surface area contributed by atoms with Crippen LogP contribution in [0.15, 0.2) is 39.5 Å². The van der Waals surface area contributed by atoms with Gasteiger partial charge in [-0.3, -0.25) is 4.79 Å². The standard InChI is InChI=1S/C18H20N2O3/c1-11(2)8-9-19-17(21)14-10-13-16(20(14)3)12-6-4-5-7-15(12)23-18(13)22/h4-7,10-11H,8-9H2,1-3H3,(H,19,21). The topological polar surface area (TPSA) is 64.2 Å². The molecular weight excluding hydrogens is 292 g/mol. The van der Waals surface area contributed by atoms with E-state index in [4.69, 9.17) is 4.42 Å². The highest BCUT2D eigenvalue weighted by atomic mass is 16.4. The number of nitrogens with zero attached hydrogens (tertiary/aromatic N) is 1. The van der Waals surface area contributed by atoms with E-state index in [1.54, 1.807) is 23.7 Å². The molecule has 120 valence electrons. The number of carbonyl (C=O) groups is 1. The van der Waals surface area contributed by atoms with Crippen LogP contribution in [-0.4, -0.2) is 17.0 Å². The van der Waals surface area contributed by atoms with Gasteiger partial charge in [0.15, 0.2) is 0 Å². The summed E-state index contributed by atoms with van der Waals surface area (Å²) >= 11 is 0. The van der Waals surface area contributed by atoms with Gasteiger partial charge in [-0.05, 0) is 30.5 Å². The van der Waals surface area contributed by atoms with Gasteiger partial charge in [-0.1, -0.05) is 26.0 Å². The van der Waals surface area contributed by atoms with E-state index in [0.717, 1.165) is 17.3 Å². The average molecular weight is 312 g/mol. The Morgan fingerprint density at radius 1 is 1.26 bits per heavy atom. The molecule has 0 saturated carbocycles. The van der Waals surface area contributed by atoms with Crippen LogP contribution in [0.25, 0.3) is 21.9 Å². The predicted molar refractivity (Wildman–Crippen MR) is 90.7 cm³/mol. The van der Waals surface area contributed by atoms with Crippen LogP contribution in [0.1, 0.15) is 30.8 Å². The maximum absolute atomic E-state index is 12.4. The van der Waals surface area contributed by atoms with Crippen LogP contribution in [0.3, 0.4) is 0 Å². The molecule has 0 aliphatic rings. The zero-order valence-electron chi connectivity index (χ0n) is 13.6. The lowest BCUT2D eigenvalue weighted by Crippen LogP contribution is -2.27. The van der Waals surface area contributed by atoms with Gasteiger partial charge in [-0.25, -0.2) is 4.79 Å². The van der Waals surface area contributed by atoms with Crippen molar-refractivity contribution in [3.63, 3.8) is 0 Å². The van der Waals surface area contributed by atoms with Gasteiger partial charge in [-0.15, -0.1) is 0 Å². The van der Waals surface area contributed by atoms with Gasteiger partial charge in [-0.2, -0.15) is 0 Å². The van der Waals surface area contributed by atoms with Crippen LogP contribution in [0.5, 0.6) is 0 Å². The maximum atomic E-state index is 12.4. The Balaban J connectivity index is 2.08. The molecule has 0 radical (unpaired) electrons. The molecule has 3 aromatic rings. The SMILES string of the molecule is CC(C)CCNC(=O)c1cc2c(=O)oc3ccccc3c2n1C. The van der Waals surface area contributed by atoms with E-state index >= 15 is 0 Å². The lowest BCUT2D eigenvalue weighted by molar-refractivity contribution is 0.0944. The number of hydrogen-bond donors (Lipinski definition) is 1. The summed E-state index contributed by atoms with van der Waals surface area (Å²) in [6.07, 6.45) is 0.917. The number of aromatic nitrogens is 1. The number of carbonyl (C=O) groups excluding carboxylic acids is 1. The normalized spacial score (nSPS) is 11.5. The number of para-hydroxylation sites is 1. The summed E-state index contributed by atoms with van der Waals surface area (Å²) in [4.78, 5) is 24.6. The predicted octanol–water partition coefficient (Wildman–Crippen LogP) is 3.06. The van der Waals surface area contributed by atoms with Crippen LogP contribution < -0.4 is 10.9 Å². The fourth-order valence-electron chi connectivity index (χ4n) is 2.77. The monoisotopic (exact) mass is 312 g/mol. The van der Waals surface area contributed by atoms with E-state index < -0.39 is 5.63 Å². The van der Waals surface area contributed by atoms with E-state index in [9.17, 15) is 9.59 Å². The molecule has 2 heterocycles. The summed E-state index contributed by atoms with van der Waals surface area (Å²) in [5.74, 6) is 0.353. The molecule has 23 heavy (non-hydrogen) atoms. The highest BCUT2D eigenvalue weighted by Gasteiger charge is 2.18. The minimum Gasteiger partial charge on any atom is -0.422 e. The fourth-order valence-corrected chi connectivity index (χ4v) is 2.77. The average Bonchev–Trinajstić information content (AvgIpc) is 2.86. The van der Waals surface area contributed by atoms with Crippen LogP contribution in [-0.2, 0) is 7.05 Å². The zero-order chi connectivity index (χ0) is 16.6. The second kappa shape index (κ2) is 5.91. The molecule has 1 amide bonds. The quantitative estimate of drug-likeness (QED) is 0.753. The van der Waals surface area contributed by atoms with Crippen molar-refractivity contribution in [2.75, 3.05) is 6.54 Å². The van der Waals surface area contributed by atoms with Crippen molar-refractivity contribution in [2.24, 2.45) is 13.0 Å². The Morgan fingerprint density at radius 2 is 2.00 bits per heavy atom. The van der Waals surface area contributed by atoms with E-state index in [-0.39, 0.29) is 5.91 Å². The third kappa shape index (κ3) is 2.74. The summed E-state index contributed by atoms with van der Waals surface area (Å²) in [5.41, 5.74) is 1.30. The molecule has 0 spiro atoms. The number of hydrogen-bond acceptors (Lipinski definition) is 3. The molecule has 0 aliphatic heterocycles. The fraction of sp³-hybridized carbons (Fsp3) is 0.333. The lowest BCUT2D eigenvalue weighted by atomic mass is 10.1. The number of benzene rings is 1. The van der Waals surface area contributed by atoms with Gasteiger partial charge in [0.1, 0.15) is 11.3 Å². The first-order chi connectivity index (χ1) is 11.0. The second-order valence-electron chi connectivity index (χ2n) is 6.17. The first-order valence-corrected chi connectivity index (χ1v) is 7.78. The molecule has 5 heteroatoms. The van der Waals surface area contributed by atoms with Crippen LogP contribution in [0.4, 0.5) is 0 Å². The van der Waals surface area contributed by atoms with Crippen molar-refractivity contribution in [1.29, 1.82) is 0 Å². The van der Waals surface area contributed by atoms with Crippen molar-refractivity contribution in [2.45, 2.75) is 20.3 Å². The molecule has 3 rings (SSSR count). The van der Waals surface area contributed by atoms with Gasteiger partial charge < -0.3 is 14.3 Å². The van der Waals surface area contributed by atoms with Crippen molar-refractivity contribution in [3.05, 3.63) is 46.4 Å². The lowest BCUT2D eigenvalue weighted by Gasteiger charge is -2.08. The minimum atomic E-state index is -0.421. The van der Waals surface area contributed by atoms with Crippen molar-refractivity contribution >= 4 is 27.8 Å². The summed E-state index contributed by atoms with van der Waals surface area (Å²) in [7, 11) is 1.80. The Labute approximate surface area is 133 Å². The molecule has 0 aliphatic carbocycles. The number of aryl methyl sites for hydroxylation is 1. The summed E-state index contributed by atoms with van der Waals surface area (Å²) in [6, 6.07) is 8.96. The van der Waals surface area contributed by atoms with Crippen molar-refractivity contribution in [1.82, 2.24) is 9.88 Å². The third-order valence-electron chi connectivity index (χ3n) is 4.04. The summed E-state index contributed by atoms with van der Waals surface area (Å²) in [5, 5.41) is 4.16. The molecule has 0 saturated heterocycles. The minimum absolute atomic E-state index is 0.173. The van der Waals surface area contributed by atoms with Gasteiger partial charge >= 0.3 is 5.63 Å². The maximum Gasteiger partial charge on any atom is 0.345 e. The molecule has 0 fully saturated rings. The number of fused-ring (bicyclic) bond motifs is 3.